The molecule has 0 saturated heterocycles. The number of carbonyl (C=O) groups is 2. The average Bonchev–Trinajstić information content (AvgIpc) is 3.22. The van der Waals surface area contributed by atoms with Crippen LogP contribution in [0.15, 0.2) is 24.3 Å². The first-order chi connectivity index (χ1) is 29.8. The van der Waals surface area contributed by atoms with Gasteiger partial charge in [0.15, 0.2) is 6.10 Å². The molecule has 1 unspecified atom stereocenters. The fourth-order valence-corrected chi connectivity index (χ4v) is 7.75. The Morgan fingerprint density at radius 3 is 1.53 bits per heavy atom. The van der Waals surface area contributed by atoms with Gasteiger partial charge in [0.1, 0.15) is 19.8 Å². The number of hydrogen-bond acceptors (Lipinski definition) is 10. The van der Waals surface area contributed by atoms with Crippen LogP contribution in [0.5, 0.6) is 0 Å². The normalized spacial score (nSPS) is 14.6. The van der Waals surface area contributed by atoms with Crippen LogP contribution in [-0.4, -0.2) is 92.5 Å². The molecule has 0 aliphatic rings. The topological polar surface area (TPSA) is 152 Å². The number of phosphoric acid groups is 1. The summed E-state index contributed by atoms with van der Waals surface area (Å²) in [6, 6.07) is 0. The monoisotopic (exact) mass is 902 g/mol. The van der Waals surface area contributed by atoms with Crippen molar-refractivity contribution in [1.82, 2.24) is 0 Å². The van der Waals surface area contributed by atoms with Gasteiger partial charge < -0.3 is 38.1 Å². The third-order valence-electron chi connectivity index (χ3n) is 11.1. The molecule has 0 aromatic carbocycles. The smallest absolute Gasteiger partial charge is 0.306 e. The first kappa shape index (κ1) is 60.4. The van der Waals surface area contributed by atoms with E-state index in [1.54, 1.807) is 0 Å². The van der Waals surface area contributed by atoms with E-state index in [1.807, 2.05) is 27.2 Å². The van der Waals surface area contributed by atoms with Crippen LogP contribution < -0.4 is 4.89 Å². The third kappa shape index (κ3) is 43.7. The van der Waals surface area contributed by atoms with Crippen molar-refractivity contribution in [3.8, 4) is 0 Å². The van der Waals surface area contributed by atoms with Crippen LogP contribution in [0.2, 0.25) is 0 Å². The summed E-state index contributed by atoms with van der Waals surface area (Å²) >= 11 is 0. The lowest BCUT2D eigenvalue weighted by Crippen LogP contribution is -2.37. The van der Waals surface area contributed by atoms with Gasteiger partial charge in [-0.2, -0.15) is 0 Å². The summed E-state index contributed by atoms with van der Waals surface area (Å²) in [5, 5.41) is 20.5. The molecule has 2 N–H and O–H groups in total. The highest BCUT2D eigenvalue weighted by Crippen LogP contribution is 2.38. The molecule has 0 amide bonds. The summed E-state index contributed by atoms with van der Waals surface area (Å²) in [5.74, 6) is -0.940. The molecule has 0 aromatic heterocycles. The van der Waals surface area contributed by atoms with E-state index in [0.717, 1.165) is 57.8 Å². The number of quaternary nitrogens is 1. The van der Waals surface area contributed by atoms with Gasteiger partial charge in [-0.3, -0.25) is 14.2 Å². The second-order valence-corrected chi connectivity index (χ2v) is 19.9. The highest BCUT2D eigenvalue weighted by Gasteiger charge is 2.22. The molecule has 12 heteroatoms. The summed E-state index contributed by atoms with van der Waals surface area (Å²) in [6.07, 6.45) is 39.4. The molecule has 11 nitrogen and oxygen atoms in total. The Balaban J connectivity index is 4.33. The average molecular weight is 902 g/mol. The van der Waals surface area contributed by atoms with Gasteiger partial charge >= 0.3 is 11.9 Å². The molecule has 0 aliphatic carbocycles. The lowest BCUT2D eigenvalue weighted by atomic mass is 10.0. The second-order valence-electron chi connectivity index (χ2n) is 18.5. The highest BCUT2D eigenvalue weighted by molar-refractivity contribution is 7.45. The Hall–Kier alpha value is -1.59. The quantitative estimate of drug-likeness (QED) is 0.0199. The minimum Gasteiger partial charge on any atom is -0.756 e. The summed E-state index contributed by atoms with van der Waals surface area (Å²) in [5.41, 5.74) is 0. The Morgan fingerprint density at radius 2 is 1.00 bits per heavy atom. The molecule has 0 fully saturated rings. The van der Waals surface area contributed by atoms with E-state index >= 15 is 0 Å². The number of aliphatic hydroxyl groups excluding tert-OH is 2. The number of allylic oxidation sites excluding steroid dienone is 3. The van der Waals surface area contributed by atoms with Gasteiger partial charge in [-0.15, -0.1) is 0 Å². The molecule has 0 spiro atoms. The lowest BCUT2D eigenvalue weighted by Gasteiger charge is -2.28. The fraction of sp³-hybridized carbons (Fsp3) is 0.880. The summed E-state index contributed by atoms with van der Waals surface area (Å²) in [7, 11) is 1.07. The number of unbranched alkanes of at least 4 members (excludes halogenated alkanes) is 24. The number of aliphatic hydroxyl groups is 2. The molecule has 4 atom stereocenters. The first-order valence-electron chi connectivity index (χ1n) is 25.2. The van der Waals surface area contributed by atoms with Gasteiger partial charge in [0.2, 0.25) is 0 Å². The summed E-state index contributed by atoms with van der Waals surface area (Å²) < 4.78 is 33.9. The zero-order valence-electron chi connectivity index (χ0n) is 40.6. The minimum atomic E-state index is -4.67. The van der Waals surface area contributed by atoms with E-state index in [-0.39, 0.29) is 26.1 Å². The molecular weight excluding hydrogens is 806 g/mol. The Labute approximate surface area is 380 Å². The highest BCUT2D eigenvalue weighted by atomic mass is 31.2. The summed E-state index contributed by atoms with van der Waals surface area (Å²) in [6.45, 7) is 4.01. The van der Waals surface area contributed by atoms with Crippen molar-refractivity contribution in [3.05, 3.63) is 24.3 Å². The maximum absolute atomic E-state index is 12.7. The number of rotatable bonds is 46. The van der Waals surface area contributed by atoms with E-state index < -0.39 is 44.7 Å². The molecule has 0 aromatic rings. The Bertz CT molecular complexity index is 1140. The molecule has 0 aliphatic heterocycles. The molecular formula is C50H96NO10P. The largest absolute Gasteiger partial charge is 0.756 e. The summed E-state index contributed by atoms with van der Waals surface area (Å²) in [4.78, 5) is 37.7. The van der Waals surface area contributed by atoms with Crippen LogP contribution in [-0.2, 0) is 32.7 Å². The number of carbonyl (C=O) groups excluding carboxylic acids is 2. The van der Waals surface area contributed by atoms with Gasteiger partial charge in [0, 0.05) is 12.8 Å². The van der Waals surface area contributed by atoms with Gasteiger partial charge in [0.25, 0.3) is 7.82 Å². The van der Waals surface area contributed by atoms with Gasteiger partial charge in [-0.1, -0.05) is 167 Å². The zero-order valence-corrected chi connectivity index (χ0v) is 41.4. The van der Waals surface area contributed by atoms with E-state index in [4.69, 9.17) is 18.5 Å². The van der Waals surface area contributed by atoms with Crippen molar-refractivity contribution < 1.29 is 52.3 Å². The van der Waals surface area contributed by atoms with Crippen LogP contribution in [0.25, 0.3) is 0 Å². The SMILES string of the molecule is CCCCC/C=C\C[C@H](O)[C@@H](O)CCCCCCCC(=O)O[C@H](COC(=O)CCCCCCCCCCCCC/C=C\CCCCCCCC)COP(=O)([O-])OCC[N+](C)(C)C. The second kappa shape index (κ2) is 42.1. The van der Waals surface area contributed by atoms with Gasteiger partial charge in [0.05, 0.1) is 40.0 Å². The Kier molecular flexibility index (Phi) is 41.0. The number of likely N-dealkylation sites (N-methyl/N-ethyl adjacent to an activating group) is 1. The van der Waals surface area contributed by atoms with Crippen LogP contribution >= 0.6 is 7.82 Å². The van der Waals surface area contributed by atoms with Crippen molar-refractivity contribution in [2.45, 2.75) is 238 Å². The standard InChI is InChI=1S/C50H96NO10P/c1-6-8-10-12-14-15-16-17-18-19-20-21-22-23-24-25-26-27-28-32-36-40-49(54)58-44-46(45-60-62(56,57)59-43-42-51(3,4)5)61-50(55)41-37-33-29-31-35-39-48(53)47(52)38-34-30-13-11-9-7-2/h17-18,30,34,46-48,52-53H,6-16,19-29,31-33,35-45H2,1-5H3/b18-17-,34-30-/t46-,47+,48+/m1/s1. The van der Waals surface area contributed by atoms with Crippen LogP contribution in [0, 0.1) is 0 Å². The maximum Gasteiger partial charge on any atom is 0.306 e. The van der Waals surface area contributed by atoms with Crippen molar-refractivity contribution >= 4 is 19.8 Å². The van der Waals surface area contributed by atoms with E-state index in [0.29, 0.717) is 36.7 Å². The molecule has 366 valence electrons. The van der Waals surface area contributed by atoms with E-state index in [9.17, 15) is 29.3 Å². The molecule has 0 saturated carbocycles. The molecule has 0 radical (unpaired) electrons. The molecule has 0 heterocycles. The number of nitrogens with zero attached hydrogens (tertiary/aromatic N) is 1. The predicted molar refractivity (Wildman–Crippen MR) is 253 cm³/mol. The lowest BCUT2D eigenvalue weighted by molar-refractivity contribution is -0.870. The predicted octanol–water partition coefficient (Wildman–Crippen LogP) is 12.0. The van der Waals surface area contributed by atoms with Crippen molar-refractivity contribution in [2.75, 3.05) is 47.5 Å². The molecule has 62 heavy (non-hydrogen) atoms. The van der Waals surface area contributed by atoms with Gasteiger partial charge in [-0.05, 0) is 64.2 Å². The van der Waals surface area contributed by atoms with Crippen molar-refractivity contribution in [3.63, 3.8) is 0 Å². The number of ether oxygens (including phenoxy) is 2. The number of esters is 2. The zero-order chi connectivity index (χ0) is 46.0. The van der Waals surface area contributed by atoms with Crippen LogP contribution in [0.3, 0.4) is 0 Å². The van der Waals surface area contributed by atoms with Crippen LogP contribution in [0.4, 0.5) is 0 Å². The first-order valence-corrected chi connectivity index (χ1v) is 26.7. The van der Waals surface area contributed by atoms with Crippen molar-refractivity contribution in [2.24, 2.45) is 0 Å². The number of phosphoric ester groups is 1. The maximum atomic E-state index is 12.7. The molecule has 0 rings (SSSR count). The fourth-order valence-electron chi connectivity index (χ4n) is 7.03. The van der Waals surface area contributed by atoms with Gasteiger partial charge in [-0.25, -0.2) is 0 Å². The number of hydrogen-bond donors (Lipinski definition) is 2. The van der Waals surface area contributed by atoms with Crippen molar-refractivity contribution in [1.29, 1.82) is 0 Å². The molecule has 0 bridgehead atoms. The van der Waals surface area contributed by atoms with Crippen LogP contribution in [0.1, 0.15) is 219 Å². The Morgan fingerprint density at radius 1 is 0.565 bits per heavy atom. The van der Waals surface area contributed by atoms with E-state index in [2.05, 4.69) is 32.1 Å². The minimum absolute atomic E-state index is 0.0581. The van der Waals surface area contributed by atoms with E-state index in [1.165, 1.54) is 109 Å². The third-order valence-corrected chi connectivity index (χ3v) is 12.1.